The van der Waals surface area contributed by atoms with Gasteiger partial charge in [0.1, 0.15) is 108 Å². The number of nitrogens with two attached hydrogens (primary N) is 2. The monoisotopic (exact) mass is 1730 g/mol. The van der Waals surface area contributed by atoms with Crippen molar-refractivity contribution in [3.63, 3.8) is 0 Å². The van der Waals surface area contributed by atoms with E-state index in [9.17, 15) is 87.1 Å². The van der Waals surface area contributed by atoms with Crippen LogP contribution in [0.5, 0.6) is 40.2 Å². The van der Waals surface area contributed by atoms with Crippen molar-refractivity contribution in [3.8, 4) is 40.2 Å². The lowest BCUT2D eigenvalue weighted by Gasteiger charge is -2.06. The minimum absolute atomic E-state index is 0.00138. The molecule has 12 aromatic carbocycles. The third-order valence-corrected chi connectivity index (χ3v) is 18.8. The van der Waals surface area contributed by atoms with Crippen LogP contribution in [0.15, 0.2) is 302 Å². The number of phenols is 7. The summed E-state index contributed by atoms with van der Waals surface area (Å²) in [5, 5.41) is 181. The first kappa shape index (κ1) is 90.3. The Kier molecular flexibility index (Phi) is 28.3. The van der Waals surface area contributed by atoms with Crippen LogP contribution < -0.4 is 11.5 Å². The lowest BCUT2D eigenvalue weighted by atomic mass is 10.1. The summed E-state index contributed by atoms with van der Waals surface area (Å²) < 4.78 is 62.7. The Hall–Kier alpha value is -17.1. The highest BCUT2D eigenvalue weighted by atomic mass is 32.2. The van der Waals surface area contributed by atoms with Crippen LogP contribution in [0.3, 0.4) is 0 Å². The zero-order valence-electron chi connectivity index (χ0n) is 65.7. The molecule has 0 amide bonds. The second kappa shape index (κ2) is 39.2. The number of carbonyl (C=O) groups is 4. The number of aryl methyl sites for hydroxylation is 6. The largest absolute Gasteiger partial charge is 0.505 e. The molecule has 12 rings (SSSR count). The van der Waals surface area contributed by atoms with Crippen LogP contribution in [0.4, 0.5) is 114 Å². The number of carboxylic acid groups (broad SMARTS) is 4. The van der Waals surface area contributed by atoms with E-state index < -0.39 is 67.1 Å². The highest BCUT2D eigenvalue weighted by Crippen LogP contribution is 2.45. The molecule has 12 aromatic rings. The molecule has 41 nitrogen and oxygen atoms in total. The smallest absolute Gasteiger partial charge is 0.338 e. The second-order valence-electron chi connectivity index (χ2n) is 26.6. The zero-order chi connectivity index (χ0) is 90.9. The van der Waals surface area contributed by atoms with E-state index in [2.05, 4.69) is 92.1 Å². The molecule has 0 unspecified atom stereocenters. The Labute approximate surface area is 706 Å². The van der Waals surface area contributed by atoms with E-state index in [1.807, 2.05) is 20.8 Å². The molecule has 0 aliphatic carbocycles. The van der Waals surface area contributed by atoms with Gasteiger partial charge in [-0.1, -0.05) is 18.2 Å². The average molecular weight is 1730 g/mol. The molecule has 0 spiro atoms. The zero-order valence-corrected chi connectivity index (χ0v) is 67.3. The normalized spacial score (nSPS) is 11.9. The first-order chi connectivity index (χ1) is 59.1. The Morgan fingerprint density at radius 2 is 0.480 bits per heavy atom. The van der Waals surface area contributed by atoms with Crippen LogP contribution in [0.1, 0.15) is 74.8 Å². The van der Waals surface area contributed by atoms with Gasteiger partial charge in [-0.25, -0.2) is 19.2 Å². The van der Waals surface area contributed by atoms with E-state index in [0.29, 0.717) is 22.4 Å². The number of hydrogen-bond donors (Lipinski definition) is 15. The molecule has 0 aliphatic rings. The number of anilines is 2. The van der Waals surface area contributed by atoms with E-state index in [-0.39, 0.29) is 157 Å². The maximum atomic E-state index is 11.9. The van der Waals surface area contributed by atoms with Crippen molar-refractivity contribution in [3.05, 3.63) is 256 Å². The maximum Gasteiger partial charge on any atom is 0.338 e. The molecule has 0 aromatic heterocycles. The van der Waals surface area contributed by atoms with Gasteiger partial charge in [0.25, 0.3) is 20.2 Å². The number of nitrogen functional groups attached to an aromatic ring is 2. The summed E-state index contributed by atoms with van der Waals surface area (Å²) in [6, 6.07) is 44.8. The Morgan fingerprint density at radius 1 is 0.248 bits per heavy atom. The van der Waals surface area contributed by atoms with Crippen LogP contribution in [0.2, 0.25) is 0 Å². The van der Waals surface area contributed by atoms with Gasteiger partial charge in [0.15, 0.2) is 0 Å². The lowest BCUT2D eigenvalue weighted by molar-refractivity contribution is 0.0686. The molecule has 17 N–H and O–H groups in total. The number of carboxylic acids is 4. The van der Waals surface area contributed by atoms with Crippen molar-refractivity contribution in [2.24, 2.45) is 92.1 Å². The Morgan fingerprint density at radius 3 is 0.744 bits per heavy atom. The molecule has 0 saturated heterocycles. The van der Waals surface area contributed by atoms with E-state index in [1.54, 1.807) is 57.2 Å². The maximum absolute atomic E-state index is 11.9. The van der Waals surface area contributed by atoms with Gasteiger partial charge >= 0.3 is 23.9 Å². The van der Waals surface area contributed by atoms with Crippen LogP contribution in [-0.2, 0) is 20.2 Å². The molecule has 0 heterocycles. The second-order valence-corrected chi connectivity index (χ2v) is 29.4. The van der Waals surface area contributed by atoms with Gasteiger partial charge in [-0.3, -0.25) is 9.11 Å². The predicted octanol–water partition coefficient (Wildman–Crippen LogP) is 23.0. The summed E-state index contributed by atoms with van der Waals surface area (Å²) in [7, 11) is -8.71. The fraction of sp³-hybridized carbons (Fsp3) is 0.0732. The quantitative estimate of drug-likeness (QED) is 0.0152. The lowest BCUT2D eigenvalue weighted by Crippen LogP contribution is -1.96. The molecule has 0 aliphatic heterocycles. The molecule has 0 saturated carbocycles. The molecule has 0 fully saturated rings. The van der Waals surface area contributed by atoms with Gasteiger partial charge in [-0.05, 0) is 233 Å². The van der Waals surface area contributed by atoms with Crippen LogP contribution in [0, 0.1) is 41.5 Å². The van der Waals surface area contributed by atoms with Crippen molar-refractivity contribution in [2.45, 2.75) is 51.3 Å². The number of hydrogen-bond acceptors (Lipinski definition) is 35. The van der Waals surface area contributed by atoms with E-state index in [0.717, 1.165) is 53.1 Å². The molecular formula is C82H68N20O21S2. The number of aromatic hydroxyl groups is 7. The minimum Gasteiger partial charge on any atom is -0.505 e. The standard InChI is InChI=1S/C28H22N6O7.C27H24N8O6S.C27H22N6O8S/c1-14-9-15(2)26(37)23(10-14)34-33-22-12-21(24(35)13-25(22)36)32-31-20-8-7-18(11-19(20)28(40)41)30-29-17-5-3-16(4-6-17)27(38)39;1-14-9-15(2)26(36)25(10-14)35-34-24-13-23(20(28)12-21(24)29)33-32-22-8-5-17(11-19(22)27(37)38)31-30-16-3-6-18(7-4-16)42(39,40)41;1-14-9-15(2)26(36)23(10-14)33-32-22-12-21(24(34)13-25(22)35)31-30-20-8-5-17(11-19(20)27(37)38)29-28-16-3-6-18(7-4-16)42(39,40)41/h3-13,35-37H,1-2H3,(H,38,39)(H,40,41);3-13,36H,28-29H2,1-2H3,(H,37,38)(H,39,40,41);3-13,34-36H,1-2H3,(H,37,38)(H,39,40,41). The Bertz CT molecular complexity index is 6530. The Balaban J connectivity index is 0.000000196. The summed E-state index contributed by atoms with van der Waals surface area (Å²) in [6.07, 6.45) is 0. The molecule has 125 heavy (non-hydrogen) atoms. The van der Waals surface area contributed by atoms with Crippen molar-refractivity contribution >= 4 is 158 Å². The number of phenolic OH excluding ortho intramolecular Hbond substituents is 7. The van der Waals surface area contributed by atoms with Crippen molar-refractivity contribution < 1.29 is 101 Å². The number of nitrogens with zero attached hydrogens (tertiary/aromatic N) is 18. The molecule has 0 bridgehead atoms. The van der Waals surface area contributed by atoms with Crippen LogP contribution in [0.25, 0.3) is 0 Å². The molecule has 0 atom stereocenters. The number of rotatable bonds is 24. The summed E-state index contributed by atoms with van der Waals surface area (Å²) >= 11 is 0. The van der Waals surface area contributed by atoms with Gasteiger partial charge in [0, 0.05) is 24.3 Å². The first-order valence-electron chi connectivity index (χ1n) is 35.7. The third-order valence-electron chi connectivity index (χ3n) is 17.0. The first-order valence-corrected chi connectivity index (χ1v) is 38.6. The third kappa shape index (κ3) is 24.1. The SMILES string of the molecule is Cc1cc(C)c(O)c(N=Nc2cc(N=Nc3ccc(N=Nc4ccc(C(=O)O)cc4)cc3C(=O)O)c(O)cc2O)c1.Cc1cc(C)c(O)c(N=Nc2cc(N=Nc3ccc(N=Nc4ccc(S(=O)(=O)O)cc4)cc3C(=O)O)c(N)cc2N)c1.Cc1cc(C)c(O)c(N=Nc2cc(N=Nc3ccc(N=Nc4ccc(S(=O)(=O)O)cc4)cc3C(=O)O)c(O)cc2O)c1. The molecule has 43 heteroatoms. The summed E-state index contributed by atoms with van der Waals surface area (Å²) in [4.78, 5) is 46.0. The minimum atomic E-state index is -4.36. The number of benzene rings is 12. The van der Waals surface area contributed by atoms with Crippen LogP contribution >= 0.6 is 0 Å². The van der Waals surface area contributed by atoms with Gasteiger partial charge in [0.05, 0.1) is 77.5 Å². The number of aromatic carboxylic acids is 4. The van der Waals surface area contributed by atoms with Crippen molar-refractivity contribution in [1.29, 1.82) is 0 Å². The highest BCUT2D eigenvalue weighted by Gasteiger charge is 2.20. The predicted molar refractivity (Wildman–Crippen MR) is 451 cm³/mol. The molecule has 0 radical (unpaired) electrons. The summed E-state index contributed by atoms with van der Waals surface area (Å²) in [6.45, 7) is 10.6. The van der Waals surface area contributed by atoms with Gasteiger partial charge < -0.3 is 67.6 Å². The number of azo groups is 9. The fourth-order valence-corrected chi connectivity index (χ4v) is 11.8. The summed E-state index contributed by atoms with van der Waals surface area (Å²) in [5.74, 6) is -6.97. The van der Waals surface area contributed by atoms with Gasteiger partial charge in [-0.15, -0.1) is 61.4 Å². The fourth-order valence-electron chi connectivity index (χ4n) is 10.8. The van der Waals surface area contributed by atoms with Crippen molar-refractivity contribution in [1.82, 2.24) is 0 Å². The van der Waals surface area contributed by atoms with E-state index in [1.165, 1.54) is 127 Å². The van der Waals surface area contributed by atoms with E-state index >= 15 is 0 Å². The average Bonchev–Trinajstić information content (AvgIpc) is 0.816. The van der Waals surface area contributed by atoms with Gasteiger partial charge in [-0.2, -0.15) is 47.5 Å². The molecular weight excluding hydrogens is 1670 g/mol. The molecule has 634 valence electrons. The van der Waals surface area contributed by atoms with E-state index in [4.69, 9.17) is 25.7 Å². The van der Waals surface area contributed by atoms with Crippen LogP contribution in [-0.4, -0.2) is 106 Å². The summed E-state index contributed by atoms with van der Waals surface area (Å²) in [5.41, 5.74) is 17.8. The highest BCUT2D eigenvalue weighted by molar-refractivity contribution is 7.86. The van der Waals surface area contributed by atoms with Gasteiger partial charge in [0.2, 0.25) is 0 Å². The van der Waals surface area contributed by atoms with Crippen molar-refractivity contribution in [2.75, 3.05) is 11.5 Å². The topological polar surface area (TPSA) is 674 Å².